The molecule has 3 aromatic rings. The van der Waals surface area contributed by atoms with E-state index in [1.807, 2.05) is 7.05 Å². The first-order valence-electron chi connectivity index (χ1n) is 6.84. The van der Waals surface area contributed by atoms with Crippen LogP contribution in [0, 0.1) is 19.7 Å². The maximum atomic E-state index is 13.0. The van der Waals surface area contributed by atoms with E-state index in [0.29, 0.717) is 6.54 Å². The number of hydrogen-bond acceptors (Lipinski definition) is 3. The Bertz CT molecular complexity index is 790. The molecular weight excluding hydrogens is 267 g/mol. The molecule has 5 heteroatoms. The summed E-state index contributed by atoms with van der Waals surface area (Å²) in [4.78, 5) is 8.70. The standard InChI is InChI=1S/C16H17FN4/c1-10-11(2)21(8-12-4-6-13(17)7-5-12)16-14(10)15(18-3)19-9-20-16/h4-7,9H,8H2,1-3H3,(H,18,19,20). The van der Waals surface area contributed by atoms with Crippen molar-refractivity contribution in [2.45, 2.75) is 20.4 Å². The lowest BCUT2D eigenvalue weighted by Crippen LogP contribution is -2.03. The Morgan fingerprint density at radius 2 is 1.86 bits per heavy atom. The molecule has 0 saturated heterocycles. The largest absolute Gasteiger partial charge is 0.372 e. The quantitative estimate of drug-likeness (QED) is 0.802. The molecule has 1 N–H and O–H groups in total. The summed E-state index contributed by atoms with van der Waals surface area (Å²) in [7, 11) is 1.86. The van der Waals surface area contributed by atoms with Gasteiger partial charge in [0.05, 0.1) is 5.39 Å². The Morgan fingerprint density at radius 1 is 1.14 bits per heavy atom. The Labute approximate surface area is 122 Å². The lowest BCUT2D eigenvalue weighted by atomic mass is 10.2. The zero-order chi connectivity index (χ0) is 15.0. The van der Waals surface area contributed by atoms with E-state index in [4.69, 9.17) is 0 Å². The Morgan fingerprint density at radius 3 is 2.52 bits per heavy atom. The lowest BCUT2D eigenvalue weighted by molar-refractivity contribution is 0.626. The summed E-state index contributed by atoms with van der Waals surface area (Å²) in [5, 5.41) is 4.15. The third kappa shape index (κ3) is 2.24. The van der Waals surface area contributed by atoms with Gasteiger partial charge in [0.2, 0.25) is 0 Å². The van der Waals surface area contributed by atoms with E-state index in [1.165, 1.54) is 12.1 Å². The number of nitrogens with zero attached hydrogens (tertiary/aromatic N) is 3. The molecule has 2 aromatic heterocycles. The topological polar surface area (TPSA) is 42.7 Å². The number of nitrogens with one attached hydrogen (secondary N) is 1. The van der Waals surface area contributed by atoms with Gasteiger partial charge >= 0.3 is 0 Å². The second kappa shape index (κ2) is 5.16. The van der Waals surface area contributed by atoms with Gasteiger partial charge in [-0.1, -0.05) is 12.1 Å². The first-order chi connectivity index (χ1) is 10.1. The lowest BCUT2D eigenvalue weighted by Gasteiger charge is -2.08. The van der Waals surface area contributed by atoms with Gasteiger partial charge in [-0.15, -0.1) is 0 Å². The number of halogens is 1. The van der Waals surface area contributed by atoms with E-state index < -0.39 is 0 Å². The second-order valence-corrected chi connectivity index (χ2v) is 5.09. The third-order valence-electron chi connectivity index (χ3n) is 3.90. The van der Waals surface area contributed by atoms with Crippen molar-refractivity contribution < 1.29 is 4.39 Å². The predicted octanol–water partition coefficient (Wildman–Crippen LogP) is 3.28. The van der Waals surface area contributed by atoms with Gasteiger partial charge in [-0.05, 0) is 37.1 Å². The van der Waals surface area contributed by atoms with Crippen LogP contribution in [0.15, 0.2) is 30.6 Å². The highest BCUT2D eigenvalue weighted by atomic mass is 19.1. The van der Waals surface area contributed by atoms with Gasteiger partial charge in [0, 0.05) is 19.3 Å². The highest BCUT2D eigenvalue weighted by molar-refractivity contribution is 5.91. The SMILES string of the molecule is CNc1ncnc2c1c(C)c(C)n2Cc1ccc(F)cc1. The van der Waals surface area contributed by atoms with E-state index in [0.717, 1.165) is 33.7 Å². The maximum absolute atomic E-state index is 13.0. The van der Waals surface area contributed by atoms with Crippen molar-refractivity contribution in [1.82, 2.24) is 14.5 Å². The summed E-state index contributed by atoms with van der Waals surface area (Å²) in [6.45, 7) is 4.81. The minimum absolute atomic E-state index is 0.219. The van der Waals surface area contributed by atoms with Crippen molar-refractivity contribution in [2.24, 2.45) is 0 Å². The van der Waals surface area contributed by atoms with E-state index in [-0.39, 0.29) is 5.82 Å². The predicted molar refractivity (Wildman–Crippen MR) is 82.1 cm³/mol. The van der Waals surface area contributed by atoms with Crippen LogP contribution < -0.4 is 5.32 Å². The van der Waals surface area contributed by atoms with Gasteiger partial charge in [-0.3, -0.25) is 0 Å². The van der Waals surface area contributed by atoms with E-state index in [2.05, 4.69) is 33.7 Å². The van der Waals surface area contributed by atoms with Crippen LogP contribution in [0.1, 0.15) is 16.8 Å². The highest BCUT2D eigenvalue weighted by Gasteiger charge is 2.15. The van der Waals surface area contributed by atoms with Crippen molar-refractivity contribution >= 4 is 16.9 Å². The minimum atomic E-state index is -0.219. The first-order valence-corrected chi connectivity index (χ1v) is 6.84. The molecule has 0 aliphatic carbocycles. The smallest absolute Gasteiger partial charge is 0.146 e. The van der Waals surface area contributed by atoms with Gasteiger partial charge in [0.25, 0.3) is 0 Å². The van der Waals surface area contributed by atoms with Crippen LogP contribution in [0.3, 0.4) is 0 Å². The summed E-state index contributed by atoms with van der Waals surface area (Å²) < 4.78 is 15.2. The van der Waals surface area contributed by atoms with E-state index in [1.54, 1.807) is 18.5 Å². The summed E-state index contributed by atoms with van der Waals surface area (Å²) in [6, 6.07) is 6.57. The molecule has 0 aliphatic heterocycles. The van der Waals surface area contributed by atoms with Crippen molar-refractivity contribution in [2.75, 3.05) is 12.4 Å². The molecule has 4 nitrogen and oxygen atoms in total. The van der Waals surface area contributed by atoms with Crippen molar-refractivity contribution in [3.05, 3.63) is 53.2 Å². The van der Waals surface area contributed by atoms with Crippen LogP contribution in [0.25, 0.3) is 11.0 Å². The molecule has 0 saturated carbocycles. The normalized spacial score (nSPS) is 11.0. The zero-order valence-electron chi connectivity index (χ0n) is 12.3. The first kappa shape index (κ1) is 13.5. The molecule has 108 valence electrons. The van der Waals surface area contributed by atoms with E-state index in [9.17, 15) is 4.39 Å². The van der Waals surface area contributed by atoms with Crippen LogP contribution in [0.2, 0.25) is 0 Å². The number of hydrogen-bond donors (Lipinski definition) is 1. The summed E-state index contributed by atoms with van der Waals surface area (Å²) >= 11 is 0. The number of benzene rings is 1. The fourth-order valence-corrected chi connectivity index (χ4v) is 2.62. The van der Waals surface area contributed by atoms with Crippen LogP contribution >= 0.6 is 0 Å². The van der Waals surface area contributed by atoms with Crippen LogP contribution in [-0.2, 0) is 6.54 Å². The number of aromatic nitrogens is 3. The van der Waals surface area contributed by atoms with Gasteiger partial charge in [-0.2, -0.15) is 0 Å². The molecule has 0 bridgehead atoms. The number of fused-ring (bicyclic) bond motifs is 1. The molecule has 0 atom stereocenters. The number of aryl methyl sites for hydroxylation is 1. The van der Waals surface area contributed by atoms with Crippen molar-refractivity contribution in [3.63, 3.8) is 0 Å². The molecule has 0 fully saturated rings. The molecule has 2 heterocycles. The molecule has 0 spiro atoms. The molecule has 0 radical (unpaired) electrons. The minimum Gasteiger partial charge on any atom is -0.372 e. The molecule has 3 rings (SSSR count). The maximum Gasteiger partial charge on any atom is 0.146 e. The van der Waals surface area contributed by atoms with Gasteiger partial charge in [0.1, 0.15) is 23.6 Å². The van der Waals surface area contributed by atoms with Crippen molar-refractivity contribution in [3.8, 4) is 0 Å². The van der Waals surface area contributed by atoms with Crippen LogP contribution in [0.4, 0.5) is 10.2 Å². The Hall–Kier alpha value is -2.43. The number of anilines is 1. The van der Waals surface area contributed by atoms with Crippen molar-refractivity contribution in [1.29, 1.82) is 0 Å². The molecule has 0 unspecified atom stereocenters. The fourth-order valence-electron chi connectivity index (χ4n) is 2.62. The molecule has 0 amide bonds. The van der Waals surface area contributed by atoms with E-state index >= 15 is 0 Å². The average molecular weight is 284 g/mol. The average Bonchev–Trinajstić information content (AvgIpc) is 2.74. The van der Waals surface area contributed by atoms with Crippen LogP contribution in [-0.4, -0.2) is 21.6 Å². The van der Waals surface area contributed by atoms with Gasteiger partial charge < -0.3 is 9.88 Å². The zero-order valence-corrected chi connectivity index (χ0v) is 12.3. The van der Waals surface area contributed by atoms with Gasteiger partial charge in [-0.25, -0.2) is 14.4 Å². The summed E-state index contributed by atoms with van der Waals surface area (Å²) in [5.41, 5.74) is 4.25. The molecule has 21 heavy (non-hydrogen) atoms. The molecule has 0 aliphatic rings. The third-order valence-corrected chi connectivity index (χ3v) is 3.90. The Balaban J connectivity index is 2.14. The second-order valence-electron chi connectivity index (χ2n) is 5.09. The van der Waals surface area contributed by atoms with Gasteiger partial charge in [0.15, 0.2) is 0 Å². The summed E-state index contributed by atoms with van der Waals surface area (Å²) in [6.07, 6.45) is 1.56. The Kier molecular flexibility index (Phi) is 3.33. The fraction of sp³-hybridized carbons (Fsp3) is 0.250. The molecule has 1 aromatic carbocycles. The molecular formula is C16H17FN4. The monoisotopic (exact) mass is 284 g/mol. The van der Waals surface area contributed by atoms with Crippen LogP contribution in [0.5, 0.6) is 0 Å². The summed E-state index contributed by atoms with van der Waals surface area (Å²) in [5.74, 6) is 0.613. The number of rotatable bonds is 3. The highest BCUT2D eigenvalue weighted by Crippen LogP contribution is 2.28.